The maximum absolute atomic E-state index is 12.1. The summed E-state index contributed by atoms with van der Waals surface area (Å²) in [4.78, 5) is 14.1. The van der Waals surface area contributed by atoms with Crippen molar-refractivity contribution in [2.24, 2.45) is 17.6 Å². The number of nitrogens with two attached hydrogens (primary N) is 1. The van der Waals surface area contributed by atoms with E-state index in [9.17, 15) is 4.79 Å². The molecule has 1 heterocycles. The molecule has 92 valence electrons. The average Bonchev–Trinajstić information content (AvgIpc) is 3.00. The first-order valence-corrected chi connectivity index (χ1v) is 6.61. The first-order chi connectivity index (χ1) is 7.53. The van der Waals surface area contributed by atoms with Gasteiger partial charge in [-0.15, -0.1) is 0 Å². The molecular weight excluding hydrogens is 200 g/mol. The van der Waals surface area contributed by atoms with E-state index in [1.165, 1.54) is 6.42 Å². The third-order valence-corrected chi connectivity index (χ3v) is 4.22. The van der Waals surface area contributed by atoms with Crippen molar-refractivity contribution in [1.29, 1.82) is 0 Å². The first kappa shape index (κ1) is 11.9. The fourth-order valence-electron chi connectivity index (χ4n) is 2.66. The molecule has 1 saturated carbocycles. The van der Waals surface area contributed by atoms with Crippen LogP contribution in [0.3, 0.4) is 0 Å². The molecule has 2 fully saturated rings. The highest BCUT2D eigenvalue weighted by Gasteiger charge is 2.48. The summed E-state index contributed by atoms with van der Waals surface area (Å²) >= 11 is 0. The number of hydrogen-bond acceptors (Lipinski definition) is 2. The molecule has 0 aromatic rings. The monoisotopic (exact) mass is 224 g/mol. The Morgan fingerprint density at radius 2 is 2.00 bits per heavy atom. The van der Waals surface area contributed by atoms with E-state index in [2.05, 4.69) is 13.8 Å². The molecule has 0 aromatic carbocycles. The third-order valence-electron chi connectivity index (χ3n) is 4.22. The fraction of sp³-hybridized carbons (Fsp3) is 0.923. The summed E-state index contributed by atoms with van der Waals surface area (Å²) in [5.74, 6) is 1.73. The van der Waals surface area contributed by atoms with E-state index in [4.69, 9.17) is 5.73 Å². The highest BCUT2D eigenvalue weighted by Crippen LogP contribution is 2.35. The van der Waals surface area contributed by atoms with Crippen LogP contribution in [0, 0.1) is 11.8 Å². The van der Waals surface area contributed by atoms with E-state index in [1.54, 1.807) is 0 Å². The summed E-state index contributed by atoms with van der Waals surface area (Å²) in [6.07, 6.45) is 5.33. The lowest BCUT2D eigenvalue weighted by Crippen LogP contribution is -2.46. The summed E-state index contributed by atoms with van der Waals surface area (Å²) in [6, 6.07) is 0. The van der Waals surface area contributed by atoms with E-state index in [0.717, 1.165) is 50.6 Å². The number of likely N-dealkylation sites (tertiary alicyclic amines) is 1. The van der Waals surface area contributed by atoms with Crippen molar-refractivity contribution in [3.63, 3.8) is 0 Å². The number of rotatable bonds is 2. The largest absolute Gasteiger partial charge is 0.341 e. The smallest absolute Gasteiger partial charge is 0.242 e. The van der Waals surface area contributed by atoms with E-state index in [-0.39, 0.29) is 5.91 Å². The van der Waals surface area contributed by atoms with Gasteiger partial charge in [0.05, 0.1) is 5.54 Å². The minimum absolute atomic E-state index is 0.205. The predicted molar refractivity (Wildman–Crippen MR) is 64.9 cm³/mol. The molecule has 3 heteroatoms. The third kappa shape index (κ3) is 2.40. The predicted octanol–water partition coefficient (Wildman–Crippen LogP) is 1.76. The second-order valence-corrected chi connectivity index (χ2v) is 5.88. The molecule has 0 bridgehead atoms. The summed E-state index contributed by atoms with van der Waals surface area (Å²) in [5.41, 5.74) is 5.50. The van der Waals surface area contributed by atoms with E-state index in [0.29, 0.717) is 0 Å². The van der Waals surface area contributed by atoms with Crippen molar-refractivity contribution >= 4 is 5.91 Å². The molecule has 1 aliphatic carbocycles. The summed E-state index contributed by atoms with van der Waals surface area (Å²) < 4.78 is 0. The van der Waals surface area contributed by atoms with Crippen LogP contribution in [0.25, 0.3) is 0 Å². The van der Waals surface area contributed by atoms with Gasteiger partial charge in [-0.1, -0.05) is 13.8 Å². The topological polar surface area (TPSA) is 46.3 Å². The van der Waals surface area contributed by atoms with Crippen molar-refractivity contribution in [2.75, 3.05) is 13.1 Å². The van der Waals surface area contributed by atoms with Gasteiger partial charge in [0.1, 0.15) is 0 Å². The Balaban J connectivity index is 1.91. The molecule has 1 amide bonds. The lowest BCUT2D eigenvalue weighted by atomic mass is 9.89. The van der Waals surface area contributed by atoms with Gasteiger partial charge < -0.3 is 10.6 Å². The molecule has 0 aromatic heterocycles. The maximum atomic E-state index is 12.1. The summed E-state index contributed by atoms with van der Waals surface area (Å²) in [7, 11) is 0. The van der Waals surface area contributed by atoms with Gasteiger partial charge in [0.15, 0.2) is 0 Å². The molecule has 2 rings (SSSR count). The van der Waals surface area contributed by atoms with Crippen LogP contribution in [0.4, 0.5) is 0 Å². The molecule has 0 radical (unpaired) electrons. The van der Waals surface area contributed by atoms with Crippen molar-refractivity contribution < 1.29 is 4.79 Å². The number of carbonyl (C=O) groups excluding carboxylic acids is 1. The lowest BCUT2D eigenvalue weighted by Gasteiger charge is -2.24. The van der Waals surface area contributed by atoms with Crippen molar-refractivity contribution in [2.45, 2.75) is 51.5 Å². The van der Waals surface area contributed by atoms with Crippen LogP contribution >= 0.6 is 0 Å². The molecule has 2 N–H and O–H groups in total. The second-order valence-electron chi connectivity index (χ2n) is 5.88. The first-order valence-electron chi connectivity index (χ1n) is 6.61. The van der Waals surface area contributed by atoms with Gasteiger partial charge in [-0.3, -0.25) is 4.79 Å². The average molecular weight is 224 g/mol. The zero-order valence-electron chi connectivity index (χ0n) is 10.5. The standard InChI is InChI=1S/C13H24N2O/c1-10(2)11-4-3-8-15(9-5-11)12(16)13(14)6-7-13/h10-11H,3-9,14H2,1-2H3. The van der Waals surface area contributed by atoms with Gasteiger partial charge in [-0.05, 0) is 43.9 Å². The van der Waals surface area contributed by atoms with E-state index in [1.807, 2.05) is 4.90 Å². The Morgan fingerprint density at radius 3 is 2.56 bits per heavy atom. The van der Waals surface area contributed by atoms with Gasteiger partial charge in [-0.2, -0.15) is 0 Å². The van der Waals surface area contributed by atoms with Crippen LogP contribution in [0.5, 0.6) is 0 Å². The minimum atomic E-state index is -0.475. The summed E-state index contributed by atoms with van der Waals surface area (Å²) in [5, 5.41) is 0. The SMILES string of the molecule is CC(C)C1CCCN(C(=O)C2(N)CC2)CC1. The molecule has 2 aliphatic rings. The zero-order chi connectivity index (χ0) is 11.8. The number of nitrogens with zero attached hydrogens (tertiary/aromatic N) is 1. The van der Waals surface area contributed by atoms with Gasteiger partial charge >= 0.3 is 0 Å². The highest BCUT2D eigenvalue weighted by atomic mass is 16.2. The Kier molecular flexibility index (Phi) is 3.24. The van der Waals surface area contributed by atoms with Crippen LogP contribution < -0.4 is 5.73 Å². The molecule has 1 saturated heterocycles. The Morgan fingerprint density at radius 1 is 1.31 bits per heavy atom. The number of carbonyl (C=O) groups is 1. The van der Waals surface area contributed by atoms with Crippen LogP contribution in [0.1, 0.15) is 46.0 Å². The molecule has 1 atom stereocenters. The van der Waals surface area contributed by atoms with Gasteiger partial charge in [0, 0.05) is 13.1 Å². The Labute approximate surface area is 98.4 Å². The number of hydrogen-bond donors (Lipinski definition) is 1. The molecule has 1 aliphatic heterocycles. The van der Waals surface area contributed by atoms with Crippen molar-refractivity contribution in [1.82, 2.24) is 4.90 Å². The molecule has 1 unspecified atom stereocenters. The molecule has 16 heavy (non-hydrogen) atoms. The summed E-state index contributed by atoms with van der Waals surface area (Å²) in [6.45, 7) is 6.41. The van der Waals surface area contributed by atoms with Crippen LogP contribution in [0.2, 0.25) is 0 Å². The van der Waals surface area contributed by atoms with Crippen LogP contribution in [0.15, 0.2) is 0 Å². The minimum Gasteiger partial charge on any atom is -0.341 e. The fourth-order valence-corrected chi connectivity index (χ4v) is 2.66. The normalized spacial score (nSPS) is 29.0. The van der Waals surface area contributed by atoms with Crippen LogP contribution in [-0.4, -0.2) is 29.4 Å². The lowest BCUT2D eigenvalue weighted by molar-refractivity contribution is -0.133. The van der Waals surface area contributed by atoms with Crippen LogP contribution in [-0.2, 0) is 4.79 Å². The quantitative estimate of drug-likeness (QED) is 0.777. The van der Waals surface area contributed by atoms with Crippen molar-refractivity contribution in [3.8, 4) is 0 Å². The van der Waals surface area contributed by atoms with Gasteiger partial charge in [-0.25, -0.2) is 0 Å². The van der Waals surface area contributed by atoms with E-state index >= 15 is 0 Å². The Hall–Kier alpha value is -0.570. The zero-order valence-corrected chi connectivity index (χ0v) is 10.5. The molecular formula is C13H24N2O. The van der Waals surface area contributed by atoms with E-state index < -0.39 is 5.54 Å². The Bertz CT molecular complexity index is 271. The molecule has 3 nitrogen and oxygen atoms in total. The maximum Gasteiger partial charge on any atom is 0.242 e. The van der Waals surface area contributed by atoms with Gasteiger partial charge in [0.2, 0.25) is 5.91 Å². The number of amides is 1. The van der Waals surface area contributed by atoms with Gasteiger partial charge in [0.25, 0.3) is 0 Å². The second kappa shape index (κ2) is 4.36. The van der Waals surface area contributed by atoms with Crippen molar-refractivity contribution in [3.05, 3.63) is 0 Å². The highest BCUT2D eigenvalue weighted by molar-refractivity contribution is 5.89. The molecule has 0 spiro atoms.